The summed E-state index contributed by atoms with van der Waals surface area (Å²) in [5.74, 6) is 3.22. The van der Waals surface area contributed by atoms with Crippen molar-refractivity contribution in [1.82, 2.24) is 0 Å². The van der Waals surface area contributed by atoms with E-state index in [1.807, 2.05) is 0 Å². The minimum atomic E-state index is 0.234. The fourth-order valence-corrected chi connectivity index (χ4v) is 3.41. The van der Waals surface area contributed by atoms with Gasteiger partial charge in [0.1, 0.15) is 0 Å². The predicted octanol–water partition coefficient (Wildman–Crippen LogP) is 3.14. The van der Waals surface area contributed by atoms with Crippen LogP contribution in [0.15, 0.2) is 24.3 Å². The van der Waals surface area contributed by atoms with E-state index in [0.29, 0.717) is 5.92 Å². The maximum atomic E-state index is 6.33. The zero-order valence-corrected chi connectivity index (χ0v) is 10.1. The Labute approximate surface area is 96.4 Å². The molecule has 1 aliphatic heterocycles. The van der Waals surface area contributed by atoms with Crippen LogP contribution in [0.2, 0.25) is 0 Å². The Bertz CT molecular complexity index is 318. The summed E-state index contributed by atoms with van der Waals surface area (Å²) < 4.78 is 0. The van der Waals surface area contributed by atoms with E-state index in [1.165, 1.54) is 35.5 Å². The molecule has 2 rings (SSSR count). The van der Waals surface area contributed by atoms with Gasteiger partial charge in [-0.1, -0.05) is 29.8 Å². The van der Waals surface area contributed by atoms with Crippen LogP contribution in [0.5, 0.6) is 0 Å². The number of thioether (sulfide) groups is 1. The van der Waals surface area contributed by atoms with Crippen LogP contribution < -0.4 is 5.73 Å². The molecule has 0 aromatic heterocycles. The van der Waals surface area contributed by atoms with Crippen molar-refractivity contribution in [1.29, 1.82) is 0 Å². The molecule has 0 spiro atoms. The van der Waals surface area contributed by atoms with Gasteiger partial charge in [0.15, 0.2) is 0 Å². The average molecular weight is 221 g/mol. The summed E-state index contributed by atoms with van der Waals surface area (Å²) >= 11 is 2.05. The SMILES string of the molecule is Cc1cccc(C(N)C2CCCSC2)c1. The van der Waals surface area contributed by atoms with Gasteiger partial charge in [-0.15, -0.1) is 0 Å². The second-order valence-electron chi connectivity index (χ2n) is 4.42. The summed E-state index contributed by atoms with van der Waals surface area (Å²) in [5.41, 5.74) is 8.94. The first-order chi connectivity index (χ1) is 7.27. The highest BCUT2D eigenvalue weighted by molar-refractivity contribution is 7.99. The fourth-order valence-electron chi connectivity index (χ4n) is 2.20. The lowest BCUT2D eigenvalue weighted by atomic mass is 9.91. The predicted molar refractivity (Wildman–Crippen MR) is 68.2 cm³/mol. The summed E-state index contributed by atoms with van der Waals surface area (Å²) in [6, 6.07) is 8.87. The number of hydrogen-bond acceptors (Lipinski definition) is 2. The fraction of sp³-hybridized carbons (Fsp3) is 0.538. The van der Waals surface area contributed by atoms with Crippen molar-refractivity contribution < 1.29 is 0 Å². The second-order valence-corrected chi connectivity index (χ2v) is 5.57. The van der Waals surface area contributed by atoms with Crippen LogP contribution in [-0.2, 0) is 0 Å². The Morgan fingerprint density at radius 3 is 3.00 bits per heavy atom. The van der Waals surface area contributed by atoms with Gasteiger partial charge in [0, 0.05) is 6.04 Å². The molecule has 0 bridgehead atoms. The normalized spacial score (nSPS) is 23.7. The second kappa shape index (κ2) is 5.04. The number of aryl methyl sites for hydroxylation is 1. The van der Waals surface area contributed by atoms with Gasteiger partial charge in [-0.25, -0.2) is 0 Å². The summed E-state index contributed by atoms with van der Waals surface area (Å²) in [6.45, 7) is 2.13. The molecule has 2 unspecified atom stereocenters. The molecule has 1 aromatic rings. The first-order valence-corrected chi connectivity index (χ1v) is 6.83. The van der Waals surface area contributed by atoms with Crippen molar-refractivity contribution in [2.75, 3.05) is 11.5 Å². The number of hydrogen-bond donors (Lipinski definition) is 1. The largest absolute Gasteiger partial charge is 0.324 e. The maximum absolute atomic E-state index is 6.33. The van der Waals surface area contributed by atoms with E-state index in [9.17, 15) is 0 Å². The van der Waals surface area contributed by atoms with Crippen molar-refractivity contribution in [3.63, 3.8) is 0 Å². The smallest absolute Gasteiger partial charge is 0.0331 e. The lowest BCUT2D eigenvalue weighted by molar-refractivity contribution is 0.434. The van der Waals surface area contributed by atoms with Gasteiger partial charge in [0.25, 0.3) is 0 Å². The molecule has 0 aliphatic carbocycles. The van der Waals surface area contributed by atoms with Crippen LogP contribution in [0.1, 0.15) is 30.0 Å². The highest BCUT2D eigenvalue weighted by Crippen LogP contribution is 2.31. The Morgan fingerprint density at radius 2 is 2.33 bits per heavy atom. The van der Waals surface area contributed by atoms with Gasteiger partial charge in [0.05, 0.1) is 0 Å². The van der Waals surface area contributed by atoms with Crippen molar-refractivity contribution in [3.8, 4) is 0 Å². The molecule has 2 heteroatoms. The molecule has 1 saturated heterocycles. The van der Waals surface area contributed by atoms with Crippen LogP contribution in [0.25, 0.3) is 0 Å². The van der Waals surface area contributed by atoms with Gasteiger partial charge < -0.3 is 5.73 Å². The Morgan fingerprint density at radius 1 is 1.47 bits per heavy atom. The van der Waals surface area contributed by atoms with Crippen molar-refractivity contribution in [2.24, 2.45) is 11.7 Å². The molecule has 0 radical (unpaired) electrons. The highest BCUT2D eigenvalue weighted by Gasteiger charge is 2.21. The average Bonchev–Trinajstić information content (AvgIpc) is 2.29. The van der Waals surface area contributed by atoms with E-state index < -0.39 is 0 Å². The number of nitrogens with two attached hydrogens (primary N) is 1. The Hall–Kier alpha value is -0.470. The van der Waals surface area contributed by atoms with Crippen LogP contribution in [0.4, 0.5) is 0 Å². The zero-order valence-electron chi connectivity index (χ0n) is 9.28. The summed E-state index contributed by atoms with van der Waals surface area (Å²) in [7, 11) is 0. The molecule has 82 valence electrons. The first-order valence-electron chi connectivity index (χ1n) is 5.67. The molecule has 1 fully saturated rings. The zero-order chi connectivity index (χ0) is 10.7. The standard InChI is InChI=1S/C13H19NS/c1-10-4-2-5-11(8-10)13(14)12-6-3-7-15-9-12/h2,4-5,8,12-13H,3,6-7,9,14H2,1H3. The lowest BCUT2D eigenvalue weighted by Gasteiger charge is -2.27. The van der Waals surface area contributed by atoms with E-state index in [0.717, 1.165) is 0 Å². The molecule has 1 heterocycles. The third-order valence-electron chi connectivity index (χ3n) is 3.13. The number of benzene rings is 1. The first kappa shape index (κ1) is 11.0. The van der Waals surface area contributed by atoms with Crippen LogP contribution in [-0.4, -0.2) is 11.5 Å². The van der Waals surface area contributed by atoms with E-state index in [2.05, 4.69) is 43.0 Å². The van der Waals surface area contributed by atoms with Gasteiger partial charge in [-0.2, -0.15) is 11.8 Å². The van der Waals surface area contributed by atoms with E-state index in [-0.39, 0.29) is 6.04 Å². The van der Waals surface area contributed by atoms with Crippen molar-refractivity contribution >= 4 is 11.8 Å². The van der Waals surface area contributed by atoms with Crippen LogP contribution in [0, 0.1) is 12.8 Å². The minimum Gasteiger partial charge on any atom is -0.324 e. The van der Waals surface area contributed by atoms with E-state index in [1.54, 1.807) is 0 Å². The molecule has 2 atom stereocenters. The molecule has 2 N–H and O–H groups in total. The van der Waals surface area contributed by atoms with Gasteiger partial charge in [-0.3, -0.25) is 0 Å². The van der Waals surface area contributed by atoms with Gasteiger partial charge in [0.2, 0.25) is 0 Å². The van der Waals surface area contributed by atoms with Gasteiger partial charge >= 0.3 is 0 Å². The molecular formula is C13H19NS. The monoisotopic (exact) mass is 221 g/mol. The maximum Gasteiger partial charge on any atom is 0.0331 e. The molecule has 15 heavy (non-hydrogen) atoms. The van der Waals surface area contributed by atoms with Crippen LogP contribution in [0.3, 0.4) is 0 Å². The number of rotatable bonds is 2. The third-order valence-corrected chi connectivity index (χ3v) is 4.37. The summed E-state index contributed by atoms with van der Waals surface area (Å²) in [4.78, 5) is 0. The Kier molecular flexibility index (Phi) is 3.71. The minimum absolute atomic E-state index is 0.234. The van der Waals surface area contributed by atoms with Gasteiger partial charge in [-0.05, 0) is 42.8 Å². The van der Waals surface area contributed by atoms with E-state index >= 15 is 0 Å². The third kappa shape index (κ3) is 2.76. The molecule has 0 saturated carbocycles. The molecule has 0 amide bonds. The van der Waals surface area contributed by atoms with Crippen LogP contribution >= 0.6 is 11.8 Å². The molecule has 1 aromatic carbocycles. The summed E-state index contributed by atoms with van der Waals surface area (Å²) in [6.07, 6.45) is 2.62. The van der Waals surface area contributed by atoms with Crippen molar-refractivity contribution in [3.05, 3.63) is 35.4 Å². The van der Waals surface area contributed by atoms with Crippen molar-refractivity contribution in [2.45, 2.75) is 25.8 Å². The quantitative estimate of drug-likeness (QED) is 0.830. The summed E-state index contributed by atoms with van der Waals surface area (Å²) in [5, 5.41) is 0. The highest BCUT2D eigenvalue weighted by atomic mass is 32.2. The topological polar surface area (TPSA) is 26.0 Å². The molecular weight excluding hydrogens is 202 g/mol. The Balaban J connectivity index is 2.08. The molecule has 1 nitrogen and oxygen atoms in total. The van der Waals surface area contributed by atoms with E-state index in [4.69, 9.17) is 5.73 Å². The molecule has 1 aliphatic rings. The lowest BCUT2D eigenvalue weighted by Crippen LogP contribution is -2.25.